The molecule has 1 saturated carbocycles. The van der Waals surface area contributed by atoms with E-state index >= 15 is 0 Å². The lowest BCUT2D eigenvalue weighted by atomic mass is 10.3. The van der Waals surface area contributed by atoms with Gasteiger partial charge >= 0.3 is 0 Å². The highest BCUT2D eigenvalue weighted by molar-refractivity contribution is 6.33. The number of benzene rings is 1. The zero-order chi connectivity index (χ0) is 10.7. The third-order valence-electron chi connectivity index (χ3n) is 2.50. The molecule has 4 heteroatoms. The van der Waals surface area contributed by atoms with Crippen LogP contribution in [0, 0.1) is 0 Å². The van der Waals surface area contributed by atoms with Gasteiger partial charge in [0.25, 0.3) is 0 Å². The summed E-state index contributed by atoms with van der Waals surface area (Å²) in [5.74, 6) is 0. The smallest absolute Gasteiger partial charge is 0.0658 e. The van der Waals surface area contributed by atoms with Crippen molar-refractivity contribution in [3.63, 3.8) is 0 Å². The van der Waals surface area contributed by atoms with Crippen molar-refractivity contribution in [3.8, 4) is 0 Å². The molecular formula is C11H16ClN3. The lowest BCUT2D eigenvalue weighted by molar-refractivity contribution is 0.728. The molecule has 0 bridgehead atoms. The van der Waals surface area contributed by atoms with Crippen LogP contribution in [0.25, 0.3) is 0 Å². The highest BCUT2D eigenvalue weighted by Crippen LogP contribution is 2.25. The first-order chi connectivity index (χ1) is 7.29. The fraction of sp³-hybridized carbons (Fsp3) is 0.455. The number of halogens is 1. The van der Waals surface area contributed by atoms with E-state index in [-0.39, 0.29) is 0 Å². The fourth-order valence-corrected chi connectivity index (χ4v) is 1.64. The molecule has 0 heterocycles. The summed E-state index contributed by atoms with van der Waals surface area (Å²) in [5, 5.41) is 10.4. The highest BCUT2D eigenvalue weighted by Gasteiger charge is 2.19. The molecule has 1 aromatic rings. The van der Waals surface area contributed by atoms with Crippen molar-refractivity contribution in [2.45, 2.75) is 18.9 Å². The summed E-state index contributed by atoms with van der Waals surface area (Å²) in [5.41, 5.74) is 2.00. The summed E-state index contributed by atoms with van der Waals surface area (Å²) >= 11 is 6.11. The predicted octanol–water partition coefficient (Wildman–Crippen LogP) is 2.50. The van der Waals surface area contributed by atoms with Crippen LogP contribution in [0.15, 0.2) is 18.2 Å². The molecule has 3 nitrogen and oxygen atoms in total. The average Bonchev–Trinajstić information content (AvgIpc) is 3.04. The van der Waals surface area contributed by atoms with Gasteiger partial charge in [0.05, 0.1) is 17.4 Å². The Kier molecular flexibility index (Phi) is 3.34. The van der Waals surface area contributed by atoms with Crippen molar-refractivity contribution >= 4 is 23.0 Å². The molecule has 0 unspecified atom stereocenters. The molecule has 0 atom stereocenters. The van der Waals surface area contributed by atoms with Crippen LogP contribution in [-0.4, -0.2) is 19.8 Å². The largest absolute Gasteiger partial charge is 0.388 e. The predicted molar refractivity (Wildman–Crippen MR) is 65.6 cm³/mol. The zero-order valence-electron chi connectivity index (χ0n) is 8.81. The van der Waals surface area contributed by atoms with Crippen molar-refractivity contribution < 1.29 is 0 Å². The lowest BCUT2D eigenvalue weighted by Gasteiger charge is -2.10. The number of hydrogen-bond donors (Lipinski definition) is 3. The van der Waals surface area contributed by atoms with Crippen LogP contribution in [-0.2, 0) is 0 Å². The molecule has 1 fully saturated rings. The van der Waals surface area contributed by atoms with E-state index < -0.39 is 0 Å². The quantitative estimate of drug-likeness (QED) is 0.674. The van der Waals surface area contributed by atoms with Crippen molar-refractivity contribution in [3.05, 3.63) is 23.2 Å². The fourth-order valence-electron chi connectivity index (χ4n) is 1.39. The maximum Gasteiger partial charge on any atom is 0.0658 e. The zero-order valence-corrected chi connectivity index (χ0v) is 9.56. The summed E-state index contributed by atoms with van der Waals surface area (Å²) in [6.45, 7) is 0.781. The Bertz CT molecular complexity index is 337. The van der Waals surface area contributed by atoms with Gasteiger partial charge in [-0.25, -0.2) is 0 Å². The Labute approximate surface area is 95.2 Å². The second kappa shape index (κ2) is 4.73. The topological polar surface area (TPSA) is 36.1 Å². The van der Waals surface area contributed by atoms with Crippen molar-refractivity contribution in [2.75, 3.05) is 24.3 Å². The van der Waals surface area contributed by atoms with E-state index in [9.17, 15) is 0 Å². The minimum atomic E-state index is 0.716. The number of rotatable bonds is 5. The van der Waals surface area contributed by atoms with Crippen molar-refractivity contribution in [1.82, 2.24) is 5.32 Å². The summed E-state index contributed by atoms with van der Waals surface area (Å²) < 4.78 is 0. The van der Waals surface area contributed by atoms with E-state index in [2.05, 4.69) is 16.0 Å². The Morgan fingerprint density at radius 3 is 2.80 bits per heavy atom. The molecule has 15 heavy (non-hydrogen) atoms. The van der Waals surface area contributed by atoms with Crippen LogP contribution < -0.4 is 16.0 Å². The molecule has 3 N–H and O–H groups in total. The maximum absolute atomic E-state index is 6.11. The highest BCUT2D eigenvalue weighted by atomic mass is 35.5. The number of anilines is 2. The SMILES string of the molecule is CNc1ccc(NCNC2CC2)c(Cl)c1. The third-order valence-corrected chi connectivity index (χ3v) is 2.82. The van der Waals surface area contributed by atoms with E-state index in [1.165, 1.54) is 12.8 Å². The molecule has 82 valence electrons. The first-order valence-corrected chi connectivity index (χ1v) is 5.62. The normalized spacial score (nSPS) is 15.1. The molecule has 1 aliphatic carbocycles. The molecule has 0 aromatic heterocycles. The Morgan fingerprint density at radius 2 is 2.20 bits per heavy atom. The minimum absolute atomic E-state index is 0.716. The van der Waals surface area contributed by atoms with E-state index in [0.717, 1.165) is 23.1 Å². The molecule has 1 aliphatic rings. The van der Waals surface area contributed by atoms with Crippen molar-refractivity contribution in [1.29, 1.82) is 0 Å². The summed E-state index contributed by atoms with van der Waals surface area (Å²) in [4.78, 5) is 0. The standard InChI is InChI=1S/C11H16ClN3/c1-13-9-4-5-11(10(12)6-9)15-7-14-8-2-3-8/h4-6,8,13-15H,2-3,7H2,1H3. The van der Waals surface area contributed by atoms with Crippen LogP contribution in [0.3, 0.4) is 0 Å². The van der Waals surface area contributed by atoms with E-state index in [0.29, 0.717) is 6.04 Å². The molecule has 0 amide bonds. The van der Waals surface area contributed by atoms with Gasteiger partial charge in [0, 0.05) is 18.8 Å². The second-order valence-electron chi connectivity index (χ2n) is 3.78. The van der Waals surface area contributed by atoms with Gasteiger partial charge in [0.1, 0.15) is 0 Å². The van der Waals surface area contributed by atoms with E-state index in [1.807, 2.05) is 25.2 Å². The monoisotopic (exact) mass is 225 g/mol. The van der Waals surface area contributed by atoms with Gasteiger partial charge in [-0.05, 0) is 31.0 Å². The van der Waals surface area contributed by atoms with Gasteiger partial charge in [0.15, 0.2) is 0 Å². The van der Waals surface area contributed by atoms with Crippen LogP contribution in [0.4, 0.5) is 11.4 Å². The van der Waals surface area contributed by atoms with Gasteiger partial charge in [-0.3, -0.25) is 5.32 Å². The summed E-state index contributed by atoms with van der Waals surface area (Å²) in [6.07, 6.45) is 2.60. The van der Waals surface area contributed by atoms with Gasteiger partial charge < -0.3 is 10.6 Å². The Morgan fingerprint density at radius 1 is 1.40 bits per heavy atom. The molecule has 2 rings (SSSR count). The van der Waals surface area contributed by atoms with Crippen molar-refractivity contribution in [2.24, 2.45) is 0 Å². The average molecular weight is 226 g/mol. The van der Waals surface area contributed by atoms with Crippen LogP contribution in [0.5, 0.6) is 0 Å². The third kappa shape index (κ3) is 3.01. The van der Waals surface area contributed by atoms with Gasteiger partial charge in [-0.1, -0.05) is 11.6 Å². The van der Waals surface area contributed by atoms with Crippen LogP contribution >= 0.6 is 11.6 Å². The molecular weight excluding hydrogens is 210 g/mol. The lowest BCUT2D eigenvalue weighted by Crippen LogP contribution is -2.23. The number of hydrogen-bond acceptors (Lipinski definition) is 3. The molecule has 0 saturated heterocycles. The Balaban J connectivity index is 1.88. The first kappa shape index (κ1) is 10.6. The number of nitrogens with one attached hydrogen (secondary N) is 3. The second-order valence-corrected chi connectivity index (χ2v) is 4.18. The van der Waals surface area contributed by atoms with E-state index in [4.69, 9.17) is 11.6 Å². The van der Waals surface area contributed by atoms with Crippen LogP contribution in [0.2, 0.25) is 5.02 Å². The summed E-state index contributed by atoms with van der Waals surface area (Å²) in [7, 11) is 1.88. The minimum Gasteiger partial charge on any atom is -0.388 e. The Hall–Kier alpha value is -0.930. The molecule has 0 aliphatic heterocycles. The molecule has 0 radical (unpaired) electrons. The van der Waals surface area contributed by atoms with Gasteiger partial charge in [0.2, 0.25) is 0 Å². The molecule has 1 aromatic carbocycles. The van der Waals surface area contributed by atoms with Gasteiger partial charge in [-0.15, -0.1) is 0 Å². The maximum atomic E-state index is 6.11. The summed E-state index contributed by atoms with van der Waals surface area (Å²) in [6, 6.07) is 6.63. The first-order valence-electron chi connectivity index (χ1n) is 5.24. The van der Waals surface area contributed by atoms with Gasteiger partial charge in [-0.2, -0.15) is 0 Å². The van der Waals surface area contributed by atoms with Crippen LogP contribution in [0.1, 0.15) is 12.8 Å². The molecule has 0 spiro atoms. The van der Waals surface area contributed by atoms with E-state index in [1.54, 1.807) is 0 Å².